The first kappa shape index (κ1) is 9.98. The van der Waals surface area contributed by atoms with Gasteiger partial charge in [0.1, 0.15) is 0 Å². The van der Waals surface area contributed by atoms with Gasteiger partial charge in [0.15, 0.2) is 0 Å². The molecule has 0 radical (unpaired) electrons. The summed E-state index contributed by atoms with van der Waals surface area (Å²) in [6, 6.07) is 3.49. The van der Waals surface area contributed by atoms with Crippen molar-refractivity contribution < 1.29 is 9.53 Å². The second kappa shape index (κ2) is 3.90. The Kier molecular flexibility index (Phi) is 2.60. The number of carbonyl (C=O) groups is 1. The number of hydrogen-bond donors (Lipinski definition) is 0. The first-order valence-electron chi connectivity index (χ1n) is 4.52. The molecule has 15 heavy (non-hydrogen) atoms. The number of pyridine rings is 1. The Bertz CT molecular complexity index is 507. The third-order valence-corrected chi connectivity index (χ3v) is 2.30. The molecule has 0 saturated heterocycles. The molecule has 0 unspecified atom stereocenters. The van der Waals surface area contributed by atoms with Crippen LogP contribution in [0.1, 0.15) is 17.5 Å². The molecule has 0 aliphatic carbocycles. The molecule has 2 aromatic heterocycles. The fourth-order valence-corrected chi connectivity index (χ4v) is 1.55. The van der Waals surface area contributed by atoms with Crippen LogP contribution in [0.15, 0.2) is 24.5 Å². The number of fused-ring (bicyclic) bond motifs is 1. The number of ether oxygens (including phenoxy) is 1. The lowest BCUT2D eigenvalue weighted by atomic mass is 10.4. The van der Waals surface area contributed by atoms with E-state index in [2.05, 4.69) is 4.98 Å². The van der Waals surface area contributed by atoms with Crippen molar-refractivity contribution in [3.8, 4) is 0 Å². The lowest BCUT2D eigenvalue weighted by Crippen LogP contribution is -2.09. The van der Waals surface area contributed by atoms with E-state index in [9.17, 15) is 4.79 Å². The number of halogens is 1. The highest BCUT2D eigenvalue weighted by atomic mass is 35.5. The van der Waals surface area contributed by atoms with Crippen LogP contribution in [0.4, 0.5) is 0 Å². The zero-order valence-electron chi connectivity index (χ0n) is 8.11. The molecule has 5 heteroatoms. The van der Waals surface area contributed by atoms with Gasteiger partial charge in [-0.1, -0.05) is 11.6 Å². The van der Waals surface area contributed by atoms with E-state index in [1.807, 2.05) is 0 Å². The largest absolute Gasteiger partial charge is 0.460 e. The Hall–Kier alpha value is -1.55. The highest BCUT2D eigenvalue weighted by Gasteiger charge is 2.14. The molecule has 0 aliphatic heterocycles. The smallest absolute Gasteiger partial charge is 0.374 e. The van der Waals surface area contributed by atoms with Crippen LogP contribution < -0.4 is 0 Å². The van der Waals surface area contributed by atoms with Crippen molar-refractivity contribution in [2.24, 2.45) is 0 Å². The minimum atomic E-state index is -0.445. The third kappa shape index (κ3) is 1.68. The maximum absolute atomic E-state index is 11.5. The summed E-state index contributed by atoms with van der Waals surface area (Å²) in [5.74, 6) is -0.200. The van der Waals surface area contributed by atoms with E-state index in [0.717, 1.165) is 0 Å². The van der Waals surface area contributed by atoms with Gasteiger partial charge in [-0.05, 0) is 19.1 Å². The molecule has 2 heterocycles. The number of esters is 1. The zero-order chi connectivity index (χ0) is 10.8. The summed E-state index contributed by atoms with van der Waals surface area (Å²) in [6.07, 6.45) is 3.27. The lowest BCUT2D eigenvalue weighted by Gasteiger charge is -2.01. The van der Waals surface area contributed by atoms with E-state index < -0.39 is 5.97 Å². The number of nitrogens with zero attached hydrogens (tertiary/aromatic N) is 2. The van der Waals surface area contributed by atoms with Crippen LogP contribution in [-0.4, -0.2) is 22.0 Å². The second-order valence-electron chi connectivity index (χ2n) is 2.91. The predicted molar refractivity (Wildman–Crippen MR) is 56.2 cm³/mol. The topological polar surface area (TPSA) is 43.6 Å². The number of rotatable bonds is 2. The molecule has 0 N–H and O–H groups in total. The zero-order valence-corrected chi connectivity index (χ0v) is 8.86. The minimum absolute atomic E-state index is 0.245. The Morgan fingerprint density at radius 1 is 1.67 bits per heavy atom. The van der Waals surface area contributed by atoms with E-state index in [1.165, 1.54) is 0 Å². The van der Waals surface area contributed by atoms with Gasteiger partial charge < -0.3 is 4.74 Å². The van der Waals surface area contributed by atoms with Gasteiger partial charge in [0.2, 0.25) is 5.82 Å². The Labute approximate surface area is 91.4 Å². The average molecular weight is 225 g/mol. The molecule has 0 atom stereocenters. The van der Waals surface area contributed by atoms with Crippen LogP contribution in [0.5, 0.6) is 0 Å². The molecule has 0 aliphatic rings. The van der Waals surface area contributed by atoms with E-state index in [4.69, 9.17) is 16.3 Å². The maximum Gasteiger partial charge on any atom is 0.374 e. The normalized spacial score (nSPS) is 10.5. The quantitative estimate of drug-likeness (QED) is 0.735. The van der Waals surface area contributed by atoms with Crippen LogP contribution in [0.25, 0.3) is 5.52 Å². The monoisotopic (exact) mass is 224 g/mol. The van der Waals surface area contributed by atoms with Gasteiger partial charge >= 0.3 is 5.97 Å². The second-order valence-corrected chi connectivity index (χ2v) is 3.32. The molecular weight excluding hydrogens is 216 g/mol. The van der Waals surface area contributed by atoms with Crippen LogP contribution in [0, 0.1) is 0 Å². The molecular formula is C10H9ClN2O2. The summed E-state index contributed by atoms with van der Waals surface area (Å²) in [6.45, 7) is 2.08. The Balaban J connectivity index is 2.54. The van der Waals surface area contributed by atoms with E-state index in [0.29, 0.717) is 17.1 Å². The van der Waals surface area contributed by atoms with Crippen LogP contribution >= 0.6 is 11.6 Å². The fourth-order valence-electron chi connectivity index (χ4n) is 1.33. The summed E-state index contributed by atoms with van der Waals surface area (Å²) in [4.78, 5) is 15.5. The van der Waals surface area contributed by atoms with Crippen LogP contribution in [-0.2, 0) is 4.74 Å². The number of aromatic nitrogens is 2. The van der Waals surface area contributed by atoms with Gasteiger partial charge in [0.25, 0.3) is 0 Å². The van der Waals surface area contributed by atoms with Crippen molar-refractivity contribution in [2.45, 2.75) is 6.92 Å². The van der Waals surface area contributed by atoms with E-state index >= 15 is 0 Å². The molecule has 0 saturated carbocycles. The summed E-state index contributed by atoms with van der Waals surface area (Å²) in [5.41, 5.74) is 0.696. The van der Waals surface area contributed by atoms with Crippen LogP contribution in [0.2, 0.25) is 5.02 Å². The Morgan fingerprint density at radius 3 is 3.20 bits per heavy atom. The van der Waals surface area contributed by atoms with E-state index in [-0.39, 0.29) is 5.82 Å². The first-order valence-corrected chi connectivity index (χ1v) is 4.90. The van der Waals surface area contributed by atoms with Gasteiger partial charge in [-0.25, -0.2) is 9.78 Å². The first-order chi connectivity index (χ1) is 7.24. The summed E-state index contributed by atoms with van der Waals surface area (Å²) >= 11 is 5.94. The molecule has 78 valence electrons. The predicted octanol–water partition coefficient (Wildman–Crippen LogP) is 2.16. The maximum atomic E-state index is 11.5. The molecule has 2 rings (SSSR count). The molecule has 0 spiro atoms. The number of hydrogen-bond acceptors (Lipinski definition) is 3. The van der Waals surface area contributed by atoms with Gasteiger partial charge in [-0.15, -0.1) is 0 Å². The van der Waals surface area contributed by atoms with Gasteiger partial charge in [0.05, 0.1) is 23.3 Å². The van der Waals surface area contributed by atoms with Crippen molar-refractivity contribution in [2.75, 3.05) is 6.61 Å². The summed E-state index contributed by atoms with van der Waals surface area (Å²) in [5, 5.41) is 0.556. The van der Waals surface area contributed by atoms with Crippen molar-refractivity contribution in [3.63, 3.8) is 0 Å². The number of carbonyl (C=O) groups excluding carboxylic acids is 1. The molecule has 0 fully saturated rings. The van der Waals surface area contributed by atoms with Gasteiger partial charge in [0, 0.05) is 6.20 Å². The molecule has 0 bridgehead atoms. The summed E-state index contributed by atoms with van der Waals surface area (Å²) < 4.78 is 6.48. The molecule has 2 aromatic rings. The molecule has 0 amide bonds. The highest BCUT2D eigenvalue weighted by Crippen LogP contribution is 2.17. The van der Waals surface area contributed by atoms with Crippen molar-refractivity contribution >= 4 is 23.1 Å². The van der Waals surface area contributed by atoms with Crippen molar-refractivity contribution in [3.05, 3.63) is 35.4 Å². The standard InChI is InChI=1S/C10H9ClN2O2/c1-2-15-10(14)9-12-6-8-7(11)4-3-5-13(8)9/h3-6H,2H2,1H3. The van der Waals surface area contributed by atoms with Gasteiger partial charge in [-0.2, -0.15) is 0 Å². The molecule has 4 nitrogen and oxygen atoms in total. The van der Waals surface area contributed by atoms with Crippen molar-refractivity contribution in [1.29, 1.82) is 0 Å². The van der Waals surface area contributed by atoms with Crippen LogP contribution in [0.3, 0.4) is 0 Å². The minimum Gasteiger partial charge on any atom is -0.460 e. The number of imidazole rings is 1. The lowest BCUT2D eigenvalue weighted by molar-refractivity contribution is 0.0511. The summed E-state index contributed by atoms with van der Waals surface area (Å²) in [7, 11) is 0. The van der Waals surface area contributed by atoms with Gasteiger partial charge in [-0.3, -0.25) is 4.40 Å². The highest BCUT2D eigenvalue weighted by molar-refractivity contribution is 6.33. The fraction of sp³-hybridized carbons (Fsp3) is 0.200. The molecule has 0 aromatic carbocycles. The van der Waals surface area contributed by atoms with E-state index in [1.54, 1.807) is 35.9 Å². The third-order valence-electron chi connectivity index (χ3n) is 1.98. The Morgan fingerprint density at radius 2 is 2.47 bits per heavy atom. The SMILES string of the molecule is CCOC(=O)c1ncc2c(Cl)cccn12. The van der Waals surface area contributed by atoms with Crippen molar-refractivity contribution in [1.82, 2.24) is 9.38 Å². The average Bonchev–Trinajstić information content (AvgIpc) is 2.63.